The molecule has 1 heterocycles. The van der Waals surface area contributed by atoms with Crippen molar-refractivity contribution >= 4 is 10.0 Å². The van der Waals surface area contributed by atoms with Crippen molar-refractivity contribution in [2.75, 3.05) is 6.54 Å². The van der Waals surface area contributed by atoms with E-state index in [0.29, 0.717) is 17.9 Å². The molecule has 0 aromatic heterocycles. The van der Waals surface area contributed by atoms with Crippen LogP contribution in [-0.2, 0) is 23.1 Å². The predicted molar refractivity (Wildman–Crippen MR) is 71.6 cm³/mol. The molecule has 0 unspecified atom stereocenters. The first-order valence-electron chi connectivity index (χ1n) is 6.07. The van der Waals surface area contributed by atoms with Crippen LogP contribution >= 0.6 is 0 Å². The lowest BCUT2D eigenvalue weighted by Crippen LogP contribution is -2.24. The Balaban J connectivity index is 2.10. The van der Waals surface area contributed by atoms with Crippen LogP contribution in [0.2, 0.25) is 0 Å². The second-order valence-corrected chi connectivity index (χ2v) is 6.06. The highest BCUT2D eigenvalue weighted by molar-refractivity contribution is 7.89. The van der Waals surface area contributed by atoms with Gasteiger partial charge in [0.05, 0.1) is 4.90 Å². The fourth-order valence-electron chi connectivity index (χ4n) is 1.96. The minimum atomic E-state index is -3.37. The molecule has 1 aromatic rings. The van der Waals surface area contributed by atoms with Gasteiger partial charge in [-0.3, -0.25) is 0 Å². The fourth-order valence-corrected chi connectivity index (χ4v) is 3.06. The van der Waals surface area contributed by atoms with Crippen LogP contribution in [-0.4, -0.2) is 15.0 Å². The largest absolute Gasteiger partial charge is 0.309 e. The molecule has 2 N–H and O–H groups in total. The summed E-state index contributed by atoms with van der Waals surface area (Å²) < 4.78 is 26.7. The van der Waals surface area contributed by atoms with E-state index >= 15 is 0 Å². The van der Waals surface area contributed by atoms with Gasteiger partial charge in [0.1, 0.15) is 0 Å². The van der Waals surface area contributed by atoms with Gasteiger partial charge < -0.3 is 5.32 Å². The molecule has 0 fully saturated rings. The van der Waals surface area contributed by atoms with Gasteiger partial charge in [-0.15, -0.1) is 0 Å². The number of nitrogens with one attached hydrogen (secondary N) is 2. The Morgan fingerprint density at radius 1 is 1.33 bits per heavy atom. The molecule has 5 heteroatoms. The number of fused-ring (bicyclic) bond motifs is 1. The summed E-state index contributed by atoms with van der Waals surface area (Å²) in [4.78, 5) is 0.352. The van der Waals surface area contributed by atoms with Crippen LogP contribution in [0.15, 0.2) is 35.2 Å². The number of rotatable bonds is 5. The minimum Gasteiger partial charge on any atom is -0.309 e. The quantitative estimate of drug-likeness (QED) is 0.628. The van der Waals surface area contributed by atoms with Gasteiger partial charge in [-0.25, -0.2) is 13.1 Å². The molecular formula is C13H18N2O2S. The number of hydrogen-bond acceptors (Lipinski definition) is 3. The SMILES string of the molecule is C/C=C/CCNS(=O)(=O)c1ccc2c(c1)CNC2. The first-order valence-corrected chi connectivity index (χ1v) is 7.55. The maximum absolute atomic E-state index is 12.0. The summed E-state index contributed by atoms with van der Waals surface area (Å²) in [6.07, 6.45) is 4.56. The van der Waals surface area contributed by atoms with Crippen molar-refractivity contribution < 1.29 is 8.42 Å². The highest BCUT2D eigenvalue weighted by Crippen LogP contribution is 2.19. The minimum absolute atomic E-state index is 0.352. The number of hydrogen-bond donors (Lipinski definition) is 2. The molecule has 0 spiro atoms. The molecule has 0 amide bonds. The number of sulfonamides is 1. The Hall–Kier alpha value is -1.17. The van der Waals surface area contributed by atoms with Crippen LogP contribution in [0.25, 0.3) is 0 Å². The van der Waals surface area contributed by atoms with E-state index in [9.17, 15) is 8.42 Å². The van der Waals surface area contributed by atoms with Gasteiger partial charge in [-0.1, -0.05) is 18.2 Å². The van der Waals surface area contributed by atoms with E-state index in [1.807, 2.05) is 25.1 Å². The highest BCUT2D eigenvalue weighted by Gasteiger charge is 2.17. The Labute approximate surface area is 108 Å². The van der Waals surface area contributed by atoms with Crippen LogP contribution in [0.4, 0.5) is 0 Å². The average molecular weight is 266 g/mol. The van der Waals surface area contributed by atoms with E-state index in [1.54, 1.807) is 12.1 Å². The van der Waals surface area contributed by atoms with Crippen LogP contribution in [0.5, 0.6) is 0 Å². The maximum atomic E-state index is 12.0. The van der Waals surface area contributed by atoms with Gasteiger partial charge in [0.2, 0.25) is 10.0 Å². The zero-order valence-electron chi connectivity index (χ0n) is 10.4. The molecule has 0 radical (unpaired) electrons. The second-order valence-electron chi connectivity index (χ2n) is 4.29. The third kappa shape index (κ3) is 2.98. The van der Waals surface area contributed by atoms with Gasteiger partial charge in [0.25, 0.3) is 0 Å². The van der Waals surface area contributed by atoms with Crippen molar-refractivity contribution in [2.45, 2.75) is 31.3 Å². The normalized spacial score (nSPS) is 15.2. The van der Waals surface area contributed by atoms with Gasteiger partial charge in [-0.2, -0.15) is 0 Å². The first-order chi connectivity index (χ1) is 8.63. The molecule has 1 aromatic carbocycles. The topological polar surface area (TPSA) is 58.2 Å². The van der Waals surface area contributed by atoms with Gasteiger partial charge in [0, 0.05) is 19.6 Å². The van der Waals surface area contributed by atoms with E-state index in [1.165, 1.54) is 5.56 Å². The summed E-state index contributed by atoms with van der Waals surface area (Å²) in [5.74, 6) is 0. The summed E-state index contributed by atoms with van der Waals surface area (Å²) in [6, 6.07) is 5.31. The lowest BCUT2D eigenvalue weighted by Gasteiger charge is -2.07. The van der Waals surface area contributed by atoms with E-state index in [2.05, 4.69) is 10.0 Å². The van der Waals surface area contributed by atoms with Crippen molar-refractivity contribution in [3.63, 3.8) is 0 Å². The van der Waals surface area contributed by atoms with E-state index in [4.69, 9.17) is 0 Å². The zero-order valence-corrected chi connectivity index (χ0v) is 11.3. The molecule has 18 heavy (non-hydrogen) atoms. The van der Waals surface area contributed by atoms with Crippen LogP contribution in [0.3, 0.4) is 0 Å². The predicted octanol–water partition coefficient (Wildman–Crippen LogP) is 1.53. The van der Waals surface area contributed by atoms with E-state index in [0.717, 1.165) is 18.7 Å². The number of benzene rings is 1. The van der Waals surface area contributed by atoms with Crippen molar-refractivity contribution in [1.82, 2.24) is 10.0 Å². The Morgan fingerprint density at radius 3 is 2.89 bits per heavy atom. The van der Waals surface area contributed by atoms with Crippen LogP contribution in [0, 0.1) is 0 Å². The van der Waals surface area contributed by atoms with Gasteiger partial charge >= 0.3 is 0 Å². The molecule has 4 nitrogen and oxygen atoms in total. The smallest absolute Gasteiger partial charge is 0.240 e. The van der Waals surface area contributed by atoms with Crippen LogP contribution < -0.4 is 10.0 Å². The Bertz CT molecular complexity index is 550. The zero-order chi connectivity index (χ0) is 13.0. The lowest BCUT2D eigenvalue weighted by atomic mass is 10.1. The molecule has 1 aliphatic rings. The van der Waals surface area contributed by atoms with Gasteiger partial charge in [-0.05, 0) is 36.6 Å². The summed E-state index contributed by atoms with van der Waals surface area (Å²) in [5.41, 5.74) is 2.26. The molecule has 0 saturated heterocycles. The summed E-state index contributed by atoms with van der Waals surface area (Å²) >= 11 is 0. The molecule has 0 atom stereocenters. The van der Waals surface area contributed by atoms with E-state index < -0.39 is 10.0 Å². The monoisotopic (exact) mass is 266 g/mol. The van der Waals surface area contributed by atoms with Crippen molar-refractivity contribution in [3.05, 3.63) is 41.5 Å². The molecule has 0 aliphatic carbocycles. The molecular weight excluding hydrogens is 248 g/mol. The average Bonchev–Trinajstić information content (AvgIpc) is 2.82. The van der Waals surface area contributed by atoms with Crippen molar-refractivity contribution in [1.29, 1.82) is 0 Å². The lowest BCUT2D eigenvalue weighted by molar-refractivity contribution is 0.582. The maximum Gasteiger partial charge on any atom is 0.240 e. The highest BCUT2D eigenvalue weighted by atomic mass is 32.2. The molecule has 98 valence electrons. The first kappa shape index (κ1) is 13.3. The van der Waals surface area contributed by atoms with Gasteiger partial charge in [0.15, 0.2) is 0 Å². The van der Waals surface area contributed by atoms with Crippen molar-refractivity contribution in [3.8, 4) is 0 Å². The standard InChI is InChI=1S/C13H18N2O2S/c1-2-3-4-7-15-18(16,17)13-6-5-11-9-14-10-12(11)8-13/h2-3,5-6,8,14-15H,4,7,9-10H2,1H3/b3-2+. The Kier molecular flexibility index (Phi) is 4.16. The molecule has 2 rings (SSSR count). The fraction of sp³-hybridized carbons (Fsp3) is 0.385. The Morgan fingerprint density at radius 2 is 2.11 bits per heavy atom. The number of allylic oxidation sites excluding steroid dienone is 1. The molecule has 1 aliphatic heterocycles. The molecule has 0 bridgehead atoms. The van der Waals surface area contributed by atoms with Crippen LogP contribution in [0.1, 0.15) is 24.5 Å². The summed E-state index contributed by atoms with van der Waals surface area (Å²) in [7, 11) is -3.37. The third-order valence-electron chi connectivity index (χ3n) is 2.96. The summed E-state index contributed by atoms with van der Waals surface area (Å²) in [5, 5.41) is 3.20. The van der Waals surface area contributed by atoms with E-state index in [-0.39, 0.29) is 0 Å². The second kappa shape index (κ2) is 5.65. The summed E-state index contributed by atoms with van der Waals surface area (Å²) in [6.45, 7) is 3.92. The third-order valence-corrected chi connectivity index (χ3v) is 4.42. The molecule has 0 saturated carbocycles. The van der Waals surface area contributed by atoms with Crippen molar-refractivity contribution in [2.24, 2.45) is 0 Å².